The second kappa shape index (κ2) is 10.1. The van der Waals surface area contributed by atoms with Crippen molar-refractivity contribution in [3.63, 3.8) is 0 Å². The Labute approximate surface area is 161 Å². The van der Waals surface area contributed by atoms with Crippen molar-refractivity contribution in [3.8, 4) is 0 Å². The molecule has 0 aliphatic carbocycles. The lowest BCUT2D eigenvalue weighted by atomic mass is 10.1. The first-order valence-corrected chi connectivity index (χ1v) is 9.64. The van der Waals surface area contributed by atoms with Crippen molar-refractivity contribution in [1.29, 1.82) is 0 Å². The molecule has 1 N–H and O–H groups in total. The van der Waals surface area contributed by atoms with E-state index in [4.69, 9.17) is 0 Å². The first kappa shape index (κ1) is 20.9. The van der Waals surface area contributed by atoms with Gasteiger partial charge in [0, 0.05) is 19.3 Å². The fraction of sp³-hybridized carbons (Fsp3) is 0.300. The second-order valence-electron chi connectivity index (χ2n) is 6.02. The van der Waals surface area contributed by atoms with Gasteiger partial charge in [0.1, 0.15) is 17.7 Å². The fourth-order valence-corrected chi connectivity index (χ4v) is 3.42. The van der Waals surface area contributed by atoms with Crippen molar-refractivity contribution in [3.05, 3.63) is 71.3 Å². The predicted molar refractivity (Wildman–Crippen MR) is 103 cm³/mol. The number of hydrogen-bond donors (Lipinski definition) is 1. The Morgan fingerprint density at radius 2 is 1.78 bits per heavy atom. The maximum absolute atomic E-state index is 13.7. The lowest BCUT2D eigenvalue weighted by Gasteiger charge is -2.28. The molecule has 0 bridgehead atoms. The molecule has 0 fully saturated rings. The molecule has 2 rings (SSSR count). The van der Waals surface area contributed by atoms with Gasteiger partial charge in [-0.15, -0.1) is 11.8 Å². The molecule has 1 unspecified atom stereocenters. The van der Waals surface area contributed by atoms with Gasteiger partial charge < -0.3 is 10.2 Å². The van der Waals surface area contributed by atoms with Gasteiger partial charge in [-0.25, -0.2) is 8.78 Å². The van der Waals surface area contributed by atoms with Crippen LogP contribution >= 0.6 is 11.8 Å². The van der Waals surface area contributed by atoms with Crippen LogP contribution in [0.4, 0.5) is 8.78 Å². The van der Waals surface area contributed by atoms with E-state index in [1.54, 1.807) is 37.3 Å². The van der Waals surface area contributed by atoms with Crippen LogP contribution in [0.1, 0.15) is 18.1 Å². The average Bonchev–Trinajstić information content (AvgIpc) is 2.67. The van der Waals surface area contributed by atoms with Crippen LogP contribution < -0.4 is 5.32 Å². The summed E-state index contributed by atoms with van der Waals surface area (Å²) < 4.78 is 26.8. The Kier molecular flexibility index (Phi) is 7.79. The molecule has 0 spiro atoms. The third-order valence-corrected chi connectivity index (χ3v) is 5.09. The van der Waals surface area contributed by atoms with Crippen LogP contribution in [0.5, 0.6) is 0 Å². The summed E-state index contributed by atoms with van der Waals surface area (Å²) in [6.45, 7) is 1.83. The number of nitrogens with one attached hydrogen (secondary N) is 1. The monoisotopic (exact) mass is 392 g/mol. The van der Waals surface area contributed by atoms with E-state index in [1.165, 1.54) is 41.9 Å². The number of likely N-dealkylation sites (N-methyl/N-ethyl adjacent to an activating group) is 1. The van der Waals surface area contributed by atoms with Gasteiger partial charge in [-0.2, -0.15) is 0 Å². The highest BCUT2D eigenvalue weighted by Crippen LogP contribution is 2.18. The van der Waals surface area contributed by atoms with Crippen LogP contribution in [0.2, 0.25) is 0 Å². The van der Waals surface area contributed by atoms with Crippen molar-refractivity contribution in [1.82, 2.24) is 10.2 Å². The molecule has 0 radical (unpaired) electrons. The number of benzene rings is 2. The first-order chi connectivity index (χ1) is 12.9. The zero-order valence-corrected chi connectivity index (χ0v) is 16.1. The number of hydrogen-bond acceptors (Lipinski definition) is 3. The lowest BCUT2D eigenvalue weighted by molar-refractivity contribution is -0.138. The normalized spacial score (nSPS) is 11.7. The van der Waals surface area contributed by atoms with E-state index < -0.39 is 6.04 Å². The number of amides is 2. The maximum Gasteiger partial charge on any atom is 0.242 e. The van der Waals surface area contributed by atoms with E-state index in [-0.39, 0.29) is 35.7 Å². The molecule has 2 aromatic carbocycles. The zero-order valence-electron chi connectivity index (χ0n) is 15.2. The summed E-state index contributed by atoms with van der Waals surface area (Å²) >= 11 is 1.28. The summed E-state index contributed by atoms with van der Waals surface area (Å²) in [4.78, 5) is 26.2. The summed E-state index contributed by atoms with van der Waals surface area (Å²) in [5.74, 6) is -0.731. The number of carbonyl (C=O) groups is 2. The molecule has 0 saturated carbocycles. The smallest absolute Gasteiger partial charge is 0.242 e. The minimum atomic E-state index is -0.679. The molecule has 27 heavy (non-hydrogen) atoms. The first-order valence-electron chi connectivity index (χ1n) is 8.49. The van der Waals surface area contributed by atoms with Gasteiger partial charge in [-0.05, 0) is 36.2 Å². The zero-order chi connectivity index (χ0) is 19.8. The molecule has 144 valence electrons. The summed E-state index contributed by atoms with van der Waals surface area (Å²) in [5, 5.41) is 2.54. The van der Waals surface area contributed by atoms with E-state index in [1.807, 2.05) is 0 Å². The average molecular weight is 392 g/mol. The molecule has 1 atom stereocenters. The van der Waals surface area contributed by atoms with Crippen LogP contribution in [-0.2, 0) is 21.9 Å². The van der Waals surface area contributed by atoms with Crippen molar-refractivity contribution in [2.45, 2.75) is 25.3 Å². The number of rotatable bonds is 8. The number of halogens is 2. The van der Waals surface area contributed by atoms with Crippen LogP contribution in [0.3, 0.4) is 0 Å². The van der Waals surface area contributed by atoms with Crippen LogP contribution in [0.15, 0.2) is 48.5 Å². The van der Waals surface area contributed by atoms with Crippen LogP contribution in [0.25, 0.3) is 0 Å². The molecule has 0 aromatic heterocycles. The molecular formula is C20H22F2N2O2S. The highest BCUT2D eigenvalue weighted by molar-refractivity contribution is 7.99. The van der Waals surface area contributed by atoms with Gasteiger partial charge >= 0.3 is 0 Å². The van der Waals surface area contributed by atoms with Crippen molar-refractivity contribution >= 4 is 23.6 Å². The van der Waals surface area contributed by atoms with E-state index in [0.717, 1.165) is 5.56 Å². The van der Waals surface area contributed by atoms with E-state index in [2.05, 4.69) is 5.32 Å². The molecule has 0 aliphatic rings. The van der Waals surface area contributed by atoms with Crippen LogP contribution in [-0.4, -0.2) is 35.6 Å². The standard InChI is InChI=1S/C20H22F2N2O2S/c1-14(20(26)23-2)24(11-15-7-9-17(21)10-8-15)19(25)13-27-12-16-5-3-4-6-18(16)22/h3-10,14H,11-13H2,1-2H3,(H,23,26). The molecule has 2 amide bonds. The van der Waals surface area contributed by atoms with Gasteiger partial charge in [0.05, 0.1) is 5.75 Å². The molecule has 7 heteroatoms. The molecule has 2 aromatic rings. The SMILES string of the molecule is CNC(=O)C(C)N(Cc1ccc(F)cc1)C(=O)CSCc1ccccc1F. The minimum absolute atomic E-state index is 0.108. The van der Waals surface area contributed by atoms with Gasteiger partial charge in [0.15, 0.2) is 0 Å². The molecular weight excluding hydrogens is 370 g/mol. The molecule has 0 aliphatic heterocycles. The van der Waals surface area contributed by atoms with Crippen LogP contribution in [0, 0.1) is 11.6 Å². The lowest BCUT2D eigenvalue weighted by Crippen LogP contribution is -2.47. The van der Waals surface area contributed by atoms with Gasteiger partial charge in [-0.1, -0.05) is 30.3 Å². The van der Waals surface area contributed by atoms with E-state index in [0.29, 0.717) is 11.3 Å². The summed E-state index contributed by atoms with van der Waals surface area (Å²) in [5.41, 5.74) is 1.25. The summed E-state index contributed by atoms with van der Waals surface area (Å²) in [6, 6.07) is 11.5. The van der Waals surface area contributed by atoms with Gasteiger partial charge in [-0.3, -0.25) is 9.59 Å². The van der Waals surface area contributed by atoms with Gasteiger partial charge in [0.25, 0.3) is 0 Å². The quantitative estimate of drug-likeness (QED) is 0.750. The molecule has 0 saturated heterocycles. The number of carbonyl (C=O) groups excluding carboxylic acids is 2. The van der Waals surface area contributed by atoms with E-state index >= 15 is 0 Å². The predicted octanol–water partition coefficient (Wildman–Crippen LogP) is 3.36. The largest absolute Gasteiger partial charge is 0.357 e. The Hall–Kier alpha value is -2.41. The Bertz CT molecular complexity index is 784. The molecule has 4 nitrogen and oxygen atoms in total. The summed E-state index contributed by atoms with van der Waals surface area (Å²) in [7, 11) is 1.51. The Morgan fingerprint density at radius 3 is 2.41 bits per heavy atom. The molecule has 0 heterocycles. The fourth-order valence-electron chi connectivity index (χ4n) is 2.52. The maximum atomic E-state index is 13.7. The van der Waals surface area contributed by atoms with Crippen molar-refractivity contribution < 1.29 is 18.4 Å². The van der Waals surface area contributed by atoms with Crippen molar-refractivity contribution in [2.75, 3.05) is 12.8 Å². The minimum Gasteiger partial charge on any atom is -0.357 e. The summed E-state index contributed by atoms with van der Waals surface area (Å²) in [6.07, 6.45) is 0. The highest BCUT2D eigenvalue weighted by Gasteiger charge is 2.25. The third-order valence-electron chi connectivity index (χ3n) is 4.12. The second-order valence-corrected chi connectivity index (χ2v) is 7.01. The highest BCUT2D eigenvalue weighted by atomic mass is 32.2. The topological polar surface area (TPSA) is 49.4 Å². The van der Waals surface area contributed by atoms with Gasteiger partial charge in [0.2, 0.25) is 11.8 Å². The number of nitrogens with zero attached hydrogens (tertiary/aromatic N) is 1. The van der Waals surface area contributed by atoms with Crippen molar-refractivity contribution in [2.24, 2.45) is 0 Å². The Morgan fingerprint density at radius 1 is 1.11 bits per heavy atom. The van der Waals surface area contributed by atoms with E-state index in [9.17, 15) is 18.4 Å². The third kappa shape index (κ3) is 6.06. The Balaban J connectivity index is 2.04. The number of thioether (sulfide) groups is 1.